The Morgan fingerprint density at radius 3 is 2.07 bits per heavy atom. The van der Waals surface area contributed by atoms with E-state index in [0.29, 0.717) is 5.92 Å². The number of aromatic nitrogens is 2. The van der Waals surface area contributed by atoms with E-state index in [4.69, 9.17) is 0 Å². The van der Waals surface area contributed by atoms with Crippen molar-refractivity contribution in [2.45, 2.75) is 26.2 Å². The standard InChI is InChI=1S/C53H38N2/c1-33-13-12-15-35(27-33)45-32-38(28-36-14-2-3-16-39(36)45)54-49-22-9-7-20-43(49)46-29-34(25-26-52(46)54)37-30-47-41-18-5-4-17-40(41)42-19-6-10-23-50(42)55-51-24-11-8-21-44(51)48(31-37)53(47)55/h3-13,15-26,28-33H,2,14,27H2,1H3. The van der Waals surface area contributed by atoms with Crippen LogP contribution < -0.4 is 0 Å². The van der Waals surface area contributed by atoms with Gasteiger partial charge >= 0.3 is 0 Å². The van der Waals surface area contributed by atoms with E-state index in [-0.39, 0.29) is 0 Å². The third-order valence-electron chi connectivity index (χ3n) is 12.4. The number of rotatable bonds is 3. The zero-order valence-corrected chi connectivity index (χ0v) is 30.8. The highest BCUT2D eigenvalue weighted by Gasteiger charge is 2.26. The molecule has 3 heterocycles. The van der Waals surface area contributed by atoms with Gasteiger partial charge in [-0.2, -0.15) is 0 Å². The minimum absolute atomic E-state index is 0.539. The maximum absolute atomic E-state index is 2.51. The van der Waals surface area contributed by atoms with Crippen molar-refractivity contribution >= 4 is 55.3 Å². The van der Waals surface area contributed by atoms with Gasteiger partial charge in [-0.05, 0) is 124 Å². The lowest BCUT2D eigenvalue weighted by Gasteiger charge is -2.23. The lowest BCUT2D eigenvalue weighted by atomic mass is 9.84. The van der Waals surface area contributed by atoms with Crippen LogP contribution in [0.1, 0.15) is 36.5 Å². The van der Waals surface area contributed by atoms with E-state index in [1.165, 1.54) is 111 Å². The largest absolute Gasteiger partial charge is 0.309 e. The SMILES string of the molecule is CC1C=CC=C(c2cc(-n3c4ccccc4c4cc(-c5cc6c7c(c5)c5ccccc5n7-c5ccccc5-c5ccccc5-6)ccc43)cc3c2C=CCC3)C1. The maximum Gasteiger partial charge on any atom is 0.0620 e. The molecule has 0 radical (unpaired) electrons. The van der Waals surface area contributed by atoms with Gasteiger partial charge in [0.15, 0.2) is 0 Å². The molecule has 12 rings (SSSR count). The molecule has 3 aliphatic rings. The van der Waals surface area contributed by atoms with Crippen molar-refractivity contribution in [3.63, 3.8) is 0 Å². The fourth-order valence-corrected chi connectivity index (χ4v) is 9.98. The highest BCUT2D eigenvalue weighted by Crippen LogP contribution is 2.48. The molecule has 0 spiro atoms. The van der Waals surface area contributed by atoms with Crippen molar-refractivity contribution in [3.8, 4) is 44.8 Å². The molecule has 260 valence electrons. The Morgan fingerprint density at radius 1 is 0.545 bits per heavy atom. The fourth-order valence-electron chi connectivity index (χ4n) is 9.98. The van der Waals surface area contributed by atoms with Crippen LogP contribution in [0.5, 0.6) is 0 Å². The maximum atomic E-state index is 2.51. The smallest absolute Gasteiger partial charge is 0.0620 e. The second kappa shape index (κ2) is 11.7. The van der Waals surface area contributed by atoms with Crippen LogP contribution in [0.3, 0.4) is 0 Å². The minimum Gasteiger partial charge on any atom is -0.309 e. The van der Waals surface area contributed by atoms with E-state index in [1.807, 2.05) is 0 Å². The molecule has 0 fully saturated rings. The van der Waals surface area contributed by atoms with Gasteiger partial charge in [0.25, 0.3) is 0 Å². The first-order valence-electron chi connectivity index (χ1n) is 19.7. The second-order valence-corrected chi connectivity index (χ2v) is 15.7. The average Bonchev–Trinajstić information content (AvgIpc) is 3.71. The summed E-state index contributed by atoms with van der Waals surface area (Å²) < 4.78 is 5.01. The topological polar surface area (TPSA) is 9.86 Å². The third-order valence-corrected chi connectivity index (χ3v) is 12.4. The summed E-state index contributed by atoms with van der Waals surface area (Å²) in [6, 6.07) is 52.6. The Morgan fingerprint density at radius 2 is 1.24 bits per heavy atom. The Balaban J connectivity index is 1.10. The number of para-hydroxylation sites is 3. The van der Waals surface area contributed by atoms with Crippen LogP contribution in [0.4, 0.5) is 0 Å². The van der Waals surface area contributed by atoms with Crippen molar-refractivity contribution in [2.24, 2.45) is 5.92 Å². The molecule has 1 aliphatic heterocycles. The van der Waals surface area contributed by atoms with Crippen LogP contribution in [0, 0.1) is 5.92 Å². The van der Waals surface area contributed by atoms with Crippen LogP contribution >= 0.6 is 0 Å². The van der Waals surface area contributed by atoms with Gasteiger partial charge in [-0.1, -0.05) is 122 Å². The lowest BCUT2D eigenvalue weighted by Crippen LogP contribution is -2.06. The summed E-state index contributed by atoms with van der Waals surface area (Å²) in [6.07, 6.45) is 14.8. The molecule has 2 nitrogen and oxygen atoms in total. The van der Waals surface area contributed by atoms with Crippen molar-refractivity contribution in [1.82, 2.24) is 9.13 Å². The number of benzene rings is 7. The number of fused-ring (bicyclic) bond motifs is 12. The molecular weight excluding hydrogens is 665 g/mol. The Hall–Kier alpha value is -6.64. The number of hydrogen-bond donors (Lipinski definition) is 0. The first kappa shape index (κ1) is 30.8. The molecule has 1 atom stereocenters. The van der Waals surface area contributed by atoms with Crippen molar-refractivity contribution in [1.29, 1.82) is 0 Å². The van der Waals surface area contributed by atoms with E-state index in [9.17, 15) is 0 Å². The van der Waals surface area contributed by atoms with E-state index in [0.717, 1.165) is 19.3 Å². The van der Waals surface area contributed by atoms with Crippen molar-refractivity contribution < 1.29 is 0 Å². The molecule has 0 saturated heterocycles. The summed E-state index contributed by atoms with van der Waals surface area (Å²) in [7, 11) is 0. The molecule has 55 heavy (non-hydrogen) atoms. The molecule has 2 heteroatoms. The van der Waals surface area contributed by atoms with Gasteiger partial charge in [-0.15, -0.1) is 0 Å². The Kier molecular flexibility index (Phi) is 6.54. The molecule has 0 amide bonds. The first-order chi connectivity index (χ1) is 27.2. The highest BCUT2D eigenvalue weighted by molar-refractivity contribution is 6.18. The molecule has 0 saturated carbocycles. The molecule has 7 aromatic carbocycles. The lowest BCUT2D eigenvalue weighted by molar-refractivity contribution is 0.748. The van der Waals surface area contributed by atoms with Gasteiger partial charge in [0.05, 0.1) is 27.8 Å². The molecule has 1 unspecified atom stereocenters. The number of aryl methyl sites for hydroxylation is 1. The van der Waals surface area contributed by atoms with Gasteiger partial charge in [0.2, 0.25) is 0 Å². The minimum atomic E-state index is 0.539. The predicted molar refractivity (Wildman–Crippen MR) is 233 cm³/mol. The number of allylic oxidation sites excluding steroid dienone is 5. The normalized spacial score (nSPS) is 15.7. The molecule has 2 aliphatic carbocycles. The quantitative estimate of drug-likeness (QED) is 0.173. The molecular formula is C53H38N2. The third kappa shape index (κ3) is 4.49. The van der Waals surface area contributed by atoms with Crippen LogP contribution in [0.2, 0.25) is 0 Å². The summed E-state index contributed by atoms with van der Waals surface area (Å²) in [5.41, 5.74) is 20.7. The van der Waals surface area contributed by atoms with E-state index >= 15 is 0 Å². The number of nitrogens with zero attached hydrogens (tertiary/aromatic N) is 2. The van der Waals surface area contributed by atoms with Crippen LogP contribution in [0.15, 0.2) is 164 Å². The van der Waals surface area contributed by atoms with Crippen LogP contribution in [-0.4, -0.2) is 9.13 Å². The van der Waals surface area contributed by atoms with E-state index in [2.05, 4.69) is 186 Å². The summed E-state index contributed by atoms with van der Waals surface area (Å²) >= 11 is 0. The fraction of sp³-hybridized carbons (Fsp3) is 0.0943. The molecule has 0 N–H and O–H groups in total. The first-order valence-corrected chi connectivity index (χ1v) is 19.7. The van der Waals surface area contributed by atoms with E-state index < -0.39 is 0 Å². The van der Waals surface area contributed by atoms with Gasteiger partial charge in [0, 0.05) is 38.4 Å². The second-order valence-electron chi connectivity index (χ2n) is 15.7. The van der Waals surface area contributed by atoms with Gasteiger partial charge < -0.3 is 9.13 Å². The van der Waals surface area contributed by atoms with Gasteiger partial charge in [-0.25, -0.2) is 0 Å². The predicted octanol–water partition coefficient (Wildman–Crippen LogP) is 14.1. The zero-order valence-electron chi connectivity index (χ0n) is 30.8. The molecule has 9 aromatic rings. The Bertz CT molecular complexity index is 3190. The summed E-state index contributed by atoms with van der Waals surface area (Å²) in [4.78, 5) is 0. The summed E-state index contributed by atoms with van der Waals surface area (Å²) in [5.74, 6) is 0.539. The van der Waals surface area contributed by atoms with Gasteiger partial charge in [0.1, 0.15) is 0 Å². The average molecular weight is 703 g/mol. The summed E-state index contributed by atoms with van der Waals surface area (Å²) in [6.45, 7) is 2.32. The van der Waals surface area contributed by atoms with Crippen LogP contribution in [-0.2, 0) is 6.42 Å². The van der Waals surface area contributed by atoms with Gasteiger partial charge in [-0.3, -0.25) is 0 Å². The summed E-state index contributed by atoms with van der Waals surface area (Å²) in [5, 5.41) is 5.13. The van der Waals surface area contributed by atoms with Crippen molar-refractivity contribution in [2.75, 3.05) is 0 Å². The monoisotopic (exact) mass is 702 g/mol. The van der Waals surface area contributed by atoms with Crippen LogP contribution in [0.25, 0.3) is 100 Å². The van der Waals surface area contributed by atoms with Crippen molar-refractivity contribution in [3.05, 3.63) is 181 Å². The van der Waals surface area contributed by atoms with E-state index in [1.54, 1.807) is 0 Å². The zero-order chi connectivity index (χ0) is 36.2. The molecule has 0 bridgehead atoms. The molecule has 2 aromatic heterocycles. The Labute approximate surface area is 320 Å². The number of hydrogen-bond acceptors (Lipinski definition) is 0. The highest BCUT2D eigenvalue weighted by atomic mass is 15.0.